The molecule has 17 aromatic rings. The van der Waals surface area contributed by atoms with Gasteiger partial charge >= 0.3 is 18.0 Å². The number of ether oxygens (including phenoxy) is 3. The Bertz CT molecular complexity index is 7140. The van der Waals surface area contributed by atoms with E-state index in [0.29, 0.717) is 92.3 Å². The van der Waals surface area contributed by atoms with E-state index in [9.17, 15) is 30.9 Å². The first kappa shape index (κ1) is 88.8. The number of nitriles is 4. The SMILES string of the molecule is CC(=O)CCl.Cc1csc(Nc2ccc(-c3c(C#N)c4ccc(Oc5ncccn5)cc4n3C3CCC3)cc2)n1.Clc1ncccn1.N#Cc1c(-c2ccc(N)cc2)n(C2CCC2)c2cc(O)ccc12.N#Cc1c(-c2ccc(N)cc2)n(C2CCC2)c2cc(Oc3ncccn3)ccc12.N#Cc1c(-c2ccc(NC(N)=S)cc2)n(C2CCC2)c2cc(Oc3ncccn3)ccc12. The number of nitrogens with one attached hydrogen (secondary N) is 2. The van der Waals surface area contributed by atoms with Crippen LogP contribution in [0.5, 0.6) is 41.0 Å². The summed E-state index contributed by atoms with van der Waals surface area (Å²) >= 11 is 16.8. The number of benzene rings is 8. The number of Topliss-reactive ketones (excluding diaryl/α,β-unsaturated/α-hetero) is 1. The number of anilines is 5. The third-order valence-electron chi connectivity index (χ3n) is 22.9. The lowest BCUT2D eigenvalue weighted by Crippen LogP contribution is -2.19. The maximum absolute atomic E-state index is 10.2. The number of ketones is 1. The number of rotatable bonds is 18. The van der Waals surface area contributed by atoms with E-state index in [1.807, 2.05) is 158 Å². The predicted molar refractivity (Wildman–Crippen MR) is 516 cm³/mol. The Morgan fingerprint density at radius 3 is 1.03 bits per heavy atom. The highest BCUT2D eigenvalue weighted by atomic mass is 35.5. The standard InChI is InChI=1S/C27H22N6OS.C24H20N6OS.C23H19N5O.C19H17N3O.C4H3ClN2.C3H5ClO/c1-17-16-35-27(31-17)32-19-8-6-18(7-9-19)25-23(15-28)22-11-10-21(34-26-29-12-3-13-30-26)14-24(22)33(25)20-4-2-5-20;25-14-20-19-10-9-18(31-24-27-11-2-12-28-24)13-21(19)30(17-3-1-4-17)22(20)15-5-7-16(8-6-15)29-23(26)32;24-14-20-19-10-9-18(29-23-26-11-2-12-27-23)13-21(19)28(17-3-1-4-17)22(20)15-5-7-16(25)8-6-15;20-11-17-16-9-8-15(23)10-18(16)22(14-2-1-3-14)19(17)12-4-6-13(21)7-5-12;5-4-6-2-1-3-7-4;1-3(5)2-4/h3,6-14,16,20H,2,4-5H2,1H3,(H,31,32);2,5-13,17H,1,3-4H2,(H3,26,29,32);2,5-13,17H,1,3-4,25H2;4-10,14,23H,1-3,21H2;1-3H;2H2,1H3. The topological polar surface area (TPSA) is 398 Å². The number of alkyl halides is 1. The zero-order valence-corrected chi connectivity index (χ0v) is 74.3. The van der Waals surface area contributed by atoms with E-state index in [1.165, 1.54) is 32.6 Å². The number of aromatic nitrogens is 13. The maximum Gasteiger partial charge on any atom is 0.321 e. The fourth-order valence-corrected chi connectivity index (χ4v) is 17.0. The van der Waals surface area contributed by atoms with Crippen LogP contribution in [0.3, 0.4) is 0 Å². The number of hydrogen-bond donors (Lipinski definition) is 6. The Labute approximate surface area is 773 Å². The first-order valence-electron chi connectivity index (χ1n) is 42.4. The largest absolute Gasteiger partial charge is 0.508 e. The van der Waals surface area contributed by atoms with Gasteiger partial charge in [-0.15, -0.1) is 22.9 Å². The van der Waals surface area contributed by atoms with Crippen molar-refractivity contribution < 1.29 is 24.1 Å². The van der Waals surface area contributed by atoms with Crippen LogP contribution < -0.4 is 42.0 Å². The molecule has 0 saturated heterocycles. The second-order valence-corrected chi connectivity index (χ2v) is 33.4. The molecule has 4 aliphatic rings. The van der Waals surface area contributed by atoms with Gasteiger partial charge in [-0.25, -0.2) is 44.9 Å². The van der Waals surface area contributed by atoms with Crippen LogP contribution in [0.1, 0.15) is 136 Å². The monoisotopic (exact) mass is 1810 g/mol. The Balaban J connectivity index is 0.000000123. The molecule has 9 heterocycles. The number of aromatic hydroxyl groups is 1. The Morgan fingerprint density at radius 2 is 0.763 bits per heavy atom. The molecule has 31 heteroatoms. The number of fused-ring (bicyclic) bond motifs is 4. The molecule has 652 valence electrons. The van der Waals surface area contributed by atoms with Crippen LogP contribution in [0.4, 0.5) is 27.9 Å². The van der Waals surface area contributed by atoms with Gasteiger partial charge in [-0.05, 0) is 258 Å². The number of phenolic OH excluding ortho intramolecular Hbond substituents is 1. The fraction of sp³-hybridized carbons (Fsp3) is 0.190. The lowest BCUT2D eigenvalue weighted by Gasteiger charge is -2.30. The molecule has 8 aromatic carbocycles. The summed E-state index contributed by atoms with van der Waals surface area (Å²) in [5.74, 6) is 2.32. The number of thiazole rings is 1. The summed E-state index contributed by atoms with van der Waals surface area (Å²) in [6.07, 6.45) is 26.6. The van der Waals surface area contributed by atoms with Crippen LogP contribution in [0, 0.1) is 52.2 Å². The number of thiocarbonyl (C=S) groups is 1. The van der Waals surface area contributed by atoms with Crippen molar-refractivity contribution in [2.45, 2.75) is 115 Å². The molecular weight excluding hydrogens is 1720 g/mol. The highest BCUT2D eigenvalue weighted by molar-refractivity contribution is 7.80. The summed E-state index contributed by atoms with van der Waals surface area (Å²) in [6.45, 7) is 3.43. The first-order valence-corrected chi connectivity index (χ1v) is 44.6. The molecule has 4 fully saturated rings. The summed E-state index contributed by atoms with van der Waals surface area (Å²) in [7, 11) is 0. The number of phenols is 1. The number of nitrogens with zero attached hydrogens (tertiary/aromatic N) is 17. The summed E-state index contributed by atoms with van der Waals surface area (Å²) in [5.41, 5.74) is 35.7. The molecule has 4 saturated carbocycles. The van der Waals surface area contributed by atoms with E-state index < -0.39 is 0 Å². The number of carbonyl (C=O) groups is 1. The zero-order valence-electron chi connectivity index (χ0n) is 71.2. The van der Waals surface area contributed by atoms with Crippen molar-refractivity contribution in [1.29, 1.82) is 21.0 Å². The van der Waals surface area contributed by atoms with Gasteiger partial charge in [0.1, 0.15) is 53.1 Å². The molecule has 4 aliphatic carbocycles. The molecule has 0 unspecified atom stereocenters. The van der Waals surface area contributed by atoms with Gasteiger partial charge in [0.05, 0.1) is 78.7 Å². The molecule has 27 nitrogen and oxygen atoms in total. The van der Waals surface area contributed by atoms with E-state index in [4.69, 9.17) is 66.8 Å². The molecule has 131 heavy (non-hydrogen) atoms. The van der Waals surface area contributed by atoms with Crippen LogP contribution in [-0.2, 0) is 4.79 Å². The summed E-state index contributed by atoms with van der Waals surface area (Å²) in [4.78, 5) is 46.3. The normalized spacial score (nSPS) is 13.2. The van der Waals surface area contributed by atoms with E-state index in [0.717, 1.165) is 162 Å². The molecule has 0 radical (unpaired) electrons. The van der Waals surface area contributed by atoms with Crippen molar-refractivity contribution in [3.63, 3.8) is 0 Å². The summed E-state index contributed by atoms with van der Waals surface area (Å²) in [5, 5.41) is 63.2. The molecule has 21 rings (SSSR count). The second kappa shape index (κ2) is 41.0. The average molecular weight is 1810 g/mol. The molecule has 9 aromatic heterocycles. The van der Waals surface area contributed by atoms with Gasteiger partial charge in [-0.3, -0.25) is 4.79 Å². The lowest BCUT2D eigenvalue weighted by atomic mass is 9.92. The van der Waals surface area contributed by atoms with Crippen molar-refractivity contribution in [2.75, 3.05) is 28.0 Å². The molecular formula is C100H86Cl2N22O5S2. The Morgan fingerprint density at radius 1 is 0.466 bits per heavy atom. The Hall–Kier alpha value is -15.6. The second-order valence-electron chi connectivity index (χ2n) is 31.5. The van der Waals surface area contributed by atoms with Crippen LogP contribution >= 0.6 is 46.8 Å². The predicted octanol–water partition coefficient (Wildman–Crippen LogP) is 23.3. The molecule has 0 aliphatic heterocycles. The highest BCUT2D eigenvalue weighted by Crippen LogP contribution is 2.49. The van der Waals surface area contributed by atoms with Gasteiger partial charge < -0.3 is 65.4 Å². The van der Waals surface area contributed by atoms with Gasteiger partial charge in [0, 0.05) is 148 Å². The van der Waals surface area contributed by atoms with Crippen LogP contribution in [0.2, 0.25) is 5.28 Å². The molecule has 0 bridgehead atoms. The minimum atomic E-state index is 0.0201. The smallest absolute Gasteiger partial charge is 0.321 e. The van der Waals surface area contributed by atoms with Gasteiger partial charge in [0.2, 0.25) is 5.28 Å². The highest BCUT2D eigenvalue weighted by Gasteiger charge is 2.33. The van der Waals surface area contributed by atoms with Crippen molar-refractivity contribution in [1.82, 2.24) is 63.1 Å². The van der Waals surface area contributed by atoms with Crippen LogP contribution in [0.25, 0.3) is 88.6 Å². The van der Waals surface area contributed by atoms with E-state index in [1.54, 1.807) is 97.3 Å². The van der Waals surface area contributed by atoms with Gasteiger partial charge in [-0.1, -0.05) is 48.5 Å². The zero-order chi connectivity index (χ0) is 91.0. The van der Waals surface area contributed by atoms with Crippen molar-refractivity contribution >= 4 is 129 Å². The number of nitrogen functional groups attached to an aromatic ring is 2. The van der Waals surface area contributed by atoms with E-state index >= 15 is 0 Å². The minimum Gasteiger partial charge on any atom is -0.508 e. The first-order chi connectivity index (χ1) is 63.9. The molecule has 0 amide bonds. The van der Waals surface area contributed by atoms with Crippen molar-refractivity contribution in [2.24, 2.45) is 5.73 Å². The average Bonchev–Trinajstić information content (AvgIpc) is 1.61. The van der Waals surface area contributed by atoms with Gasteiger partial charge in [0.15, 0.2) is 10.2 Å². The van der Waals surface area contributed by atoms with Crippen molar-refractivity contribution in [3.8, 4) is 110 Å². The Kier molecular flexibility index (Phi) is 27.8. The third-order valence-corrected chi connectivity index (χ3v) is 24.5. The third kappa shape index (κ3) is 20.2. The number of aryl methyl sites for hydroxylation is 1. The minimum absolute atomic E-state index is 0.0201. The van der Waals surface area contributed by atoms with Gasteiger partial charge in [0.25, 0.3) is 0 Å². The van der Waals surface area contributed by atoms with E-state index in [-0.39, 0.29) is 28.5 Å². The van der Waals surface area contributed by atoms with Gasteiger partial charge in [-0.2, -0.15) is 21.0 Å². The van der Waals surface area contributed by atoms with Crippen LogP contribution in [0.15, 0.2) is 249 Å². The quantitative estimate of drug-likeness (QED) is 0.0201. The fourth-order valence-electron chi connectivity index (χ4n) is 16.0. The maximum atomic E-state index is 10.2. The molecule has 0 atom stereocenters. The number of hydrogen-bond acceptors (Lipinski definition) is 23. The van der Waals surface area contributed by atoms with Crippen molar-refractivity contribution in [3.05, 3.63) is 282 Å². The lowest BCUT2D eigenvalue weighted by molar-refractivity contribution is -0.114. The van der Waals surface area contributed by atoms with E-state index in [2.05, 4.69) is 110 Å². The molecule has 9 N–H and O–H groups in total. The molecule has 0 spiro atoms. The summed E-state index contributed by atoms with van der Waals surface area (Å²) < 4.78 is 26.7. The number of nitrogens with two attached hydrogens (primary N) is 3. The van der Waals surface area contributed by atoms with Crippen LogP contribution in [-0.4, -0.2) is 85.0 Å². The summed E-state index contributed by atoms with van der Waals surface area (Å²) in [6, 6.07) is 73.0. The number of halogens is 2. The number of carbonyl (C=O) groups excluding carboxylic acids is 1.